The van der Waals surface area contributed by atoms with Crippen molar-refractivity contribution in [3.63, 3.8) is 0 Å². The molecule has 130 valence electrons. The molecular weight excluding hydrogens is 339 g/mol. The van der Waals surface area contributed by atoms with Gasteiger partial charge in [0.05, 0.1) is 5.69 Å². The Kier molecular flexibility index (Phi) is 3.64. The number of imide groups is 1. The second-order valence-corrected chi connectivity index (χ2v) is 6.10. The molecule has 26 heavy (non-hydrogen) atoms. The Balaban J connectivity index is 1.66. The van der Waals surface area contributed by atoms with E-state index in [1.54, 1.807) is 24.3 Å². The Morgan fingerprint density at radius 3 is 2.31 bits per heavy atom. The number of benzene rings is 2. The molecule has 2 amide bonds. The molecule has 0 radical (unpaired) electrons. The predicted octanol–water partition coefficient (Wildman–Crippen LogP) is 2.32. The number of fused-ring (bicyclic) bond motifs is 1. The molecule has 2 aromatic carbocycles. The summed E-state index contributed by atoms with van der Waals surface area (Å²) < 4.78 is 13.1. The van der Waals surface area contributed by atoms with Gasteiger partial charge in [-0.15, -0.1) is 0 Å². The molecule has 0 saturated carbocycles. The number of amides is 2. The number of Topliss-reactive ketones (excluding diaryl/α,β-unsaturated/α-hetero) is 1. The quantitative estimate of drug-likeness (QED) is 0.627. The van der Waals surface area contributed by atoms with E-state index in [9.17, 15) is 18.8 Å². The number of hydrogen-bond donors (Lipinski definition) is 0. The van der Waals surface area contributed by atoms with Gasteiger partial charge in [0.15, 0.2) is 5.78 Å². The summed E-state index contributed by atoms with van der Waals surface area (Å²) in [6.45, 7) is 1.44. The van der Waals surface area contributed by atoms with Gasteiger partial charge in [0, 0.05) is 11.1 Å². The van der Waals surface area contributed by atoms with Crippen LogP contribution >= 0.6 is 0 Å². The molecular formula is C19H13FN2O4. The maximum atomic E-state index is 13.1. The van der Waals surface area contributed by atoms with Gasteiger partial charge in [0.2, 0.25) is 12.0 Å². The molecule has 0 aromatic heterocycles. The molecule has 0 aliphatic carbocycles. The van der Waals surface area contributed by atoms with E-state index in [0.29, 0.717) is 22.5 Å². The number of halogens is 1. The van der Waals surface area contributed by atoms with Crippen LogP contribution in [0.2, 0.25) is 0 Å². The summed E-state index contributed by atoms with van der Waals surface area (Å²) in [6.07, 6.45) is -1.03. The zero-order chi connectivity index (χ0) is 18.4. The molecule has 0 unspecified atom stereocenters. The van der Waals surface area contributed by atoms with E-state index < -0.39 is 29.7 Å². The SMILES string of the molecule is CC(=O)c1ccc(N2C(=O)[C@@H]3C(c4ccc(F)cc4)=NO[C@H]3C2=O)cc1. The molecule has 2 atom stereocenters. The lowest BCUT2D eigenvalue weighted by Gasteiger charge is -2.15. The van der Waals surface area contributed by atoms with Crippen molar-refractivity contribution in [3.8, 4) is 0 Å². The fourth-order valence-electron chi connectivity index (χ4n) is 3.14. The molecule has 4 rings (SSSR count). The van der Waals surface area contributed by atoms with E-state index in [4.69, 9.17) is 4.84 Å². The smallest absolute Gasteiger partial charge is 0.278 e. The highest BCUT2D eigenvalue weighted by atomic mass is 19.1. The number of oxime groups is 1. The zero-order valence-corrected chi connectivity index (χ0v) is 13.7. The summed E-state index contributed by atoms with van der Waals surface area (Å²) >= 11 is 0. The van der Waals surface area contributed by atoms with Crippen molar-refractivity contribution in [1.82, 2.24) is 0 Å². The van der Waals surface area contributed by atoms with Gasteiger partial charge in [-0.3, -0.25) is 14.4 Å². The highest BCUT2D eigenvalue weighted by molar-refractivity contribution is 6.32. The Hall–Kier alpha value is -3.35. The van der Waals surface area contributed by atoms with Crippen molar-refractivity contribution in [2.75, 3.05) is 4.90 Å². The minimum absolute atomic E-state index is 0.110. The fourth-order valence-corrected chi connectivity index (χ4v) is 3.14. The predicted molar refractivity (Wildman–Crippen MR) is 90.2 cm³/mol. The van der Waals surface area contributed by atoms with Crippen molar-refractivity contribution < 1.29 is 23.6 Å². The van der Waals surface area contributed by atoms with Gasteiger partial charge >= 0.3 is 0 Å². The van der Waals surface area contributed by atoms with Gasteiger partial charge in [-0.05, 0) is 43.3 Å². The van der Waals surface area contributed by atoms with Gasteiger partial charge in [0.1, 0.15) is 17.4 Å². The standard InChI is InChI=1S/C19H13FN2O4/c1-10(23)11-4-8-14(9-5-11)22-18(24)15-16(21-26-17(15)19(22)25)12-2-6-13(20)7-3-12/h2-9,15,17H,1H3/t15-,17-/m1/s1. The average Bonchev–Trinajstić information content (AvgIpc) is 3.17. The van der Waals surface area contributed by atoms with Crippen LogP contribution in [0.25, 0.3) is 0 Å². The summed E-state index contributed by atoms with van der Waals surface area (Å²) in [6, 6.07) is 11.7. The number of ketones is 1. The molecule has 0 spiro atoms. The second-order valence-electron chi connectivity index (χ2n) is 6.10. The van der Waals surface area contributed by atoms with Gasteiger partial charge in [0.25, 0.3) is 5.91 Å². The largest absolute Gasteiger partial charge is 0.381 e. The van der Waals surface area contributed by atoms with E-state index in [0.717, 1.165) is 4.90 Å². The summed E-state index contributed by atoms with van der Waals surface area (Å²) in [7, 11) is 0. The van der Waals surface area contributed by atoms with Crippen LogP contribution in [0.15, 0.2) is 53.7 Å². The highest BCUT2D eigenvalue weighted by Crippen LogP contribution is 2.35. The third kappa shape index (κ3) is 2.40. The van der Waals surface area contributed by atoms with Crippen LogP contribution in [-0.4, -0.2) is 29.4 Å². The second kappa shape index (κ2) is 5.87. The van der Waals surface area contributed by atoms with Gasteiger partial charge in [-0.2, -0.15) is 0 Å². The maximum Gasteiger partial charge on any atom is 0.278 e. The van der Waals surface area contributed by atoms with E-state index >= 15 is 0 Å². The van der Waals surface area contributed by atoms with Crippen LogP contribution in [-0.2, 0) is 14.4 Å². The van der Waals surface area contributed by atoms with Crippen LogP contribution in [0.4, 0.5) is 10.1 Å². The molecule has 0 bridgehead atoms. The molecule has 2 aliphatic rings. The van der Waals surface area contributed by atoms with Crippen molar-refractivity contribution >= 4 is 29.0 Å². The van der Waals surface area contributed by atoms with Crippen molar-refractivity contribution in [2.24, 2.45) is 11.1 Å². The number of carbonyl (C=O) groups excluding carboxylic acids is 3. The van der Waals surface area contributed by atoms with Crippen LogP contribution in [0.3, 0.4) is 0 Å². The Morgan fingerprint density at radius 1 is 1.04 bits per heavy atom. The molecule has 2 heterocycles. The van der Waals surface area contributed by atoms with Crippen molar-refractivity contribution in [2.45, 2.75) is 13.0 Å². The maximum absolute atomic E-state index is 13.1. The number of anilines is 1. The Labute approximate surface area is 147 Å². The summed E-state index contributed by atoms with van der Waals surface area (Å²) in [5, 5.41) is 3.87. The zero-order valence-electron chi connectivity index (χ0n) is 13.7. The minimum Gasteiger partial charge on any atom is -0.381 e. The summed E-state index contributed by atoms with van der Waals surface area (Å²) in [4.78, 5) is 43.1. The monoisotopic (exact) mass is 352 g/mol. The number of carbonyl (C=O) groups is 3. The Bertz CT molecular complexity index is 951. The van der Waals surface area contributed by atoms with Gasteiger partial charge in [-0.25, -0.2) is 9.29 Å². The van der Waals surface area contributed by atoms with Crippen LogP contribution in [0.1, 0.15) is 22.8 Å². The topological polar surface area (TPSA) is 76.0 Å². The molecule has 2 aliphatic heterocycles. The first-order valence-electron chi connectivity index (χ1n) is 7.96. The Morgan fingerprint density at radius 2 is 1.69 bits per heavy atom. The fraction of sp³-hybridized carbons (Fsp3) is 0.158. The summed E-state index contributed by atoms with van der Waals surface area (Å²) in [5.74, 6) is -2.37. The van der Waals surface area contributed by atoms with Gasteiger partial charge in [-0.1, -0.05) is 17.3 Å². The average molecular weight is 352 g/mol. The van der Waals surface area contributed by atoms with Crippen LogP contribution in [0.5, 0.6) is 0 Å². The first-order valence-corrected chi connectivity index (χ1v) is 7.96. The van der Waals surface area contributed by atoms with E-state index in [-0.39, 0.29) is 5.78 Å². The van der Waals surface area contributed by atoms with E-state index in [1.807, 2.05) is 0 Å². The molecule has 2 aromatic rings. The summed E-state index contributed by atoms with van der Waals surface area (Å²) in [5.41, 5.74) is 1.67. The third-order valence-electron chi connectivity index (χ3n) is 4.48. The molecule has 0 N–H and O–H groups in total. The first-order chi connectivity index (χ1) is 12.5. The highest BCUT2D eigenvalue weighted by Gasteiger charge is 2.56. The normalized spacial score (nSPS) is 21.5. The molecule has 7 heteroatoms. The number of hydrogen-bond acceptors (Lipinski definition) is 5. The lowest BCUT2D eigenvalue weighted by Crippen LogP contribution is -2.33. The third-order valence-corrected chi connectivity index (χ3v) is 4.48. The molecule has 1 fully saturated rings. The first kappa shape index (κ1) is 16.1. The number of nitrogens with zero attached hydrogens (tertiary/aromatic N) is 2. The van der Waals surface area contributed by atoms with E-state index in [1.165, 1.54) is 31.2 Å². The lowest BCUT2D eigenvalue weighted by atomic mass is 9.94. The minimum atomic E-state index is -1.03. The van der Waals surface area contributed by atoms with E-state index in [2.05, 4.69) is 5.16 Å². The van der Waals surface area contributed by atoms with Crippen molar-refractivity contribution in [3.05, 3.63) is 65.5 Å². The van der Waals surface area contributed by atoms with Crippen molar-refractivity contribution in [1.29, 1.82) is 0 Å². The molecule has 6 nitrogen and oxygen atoms in total. The van der Waals surface area contributed by atoms with Crippen LogP contribution < -0.4 is 4.90 Å². The van der Waals surface area contributed by atoms with Crippen LogP contribution in [0, 0.1) is 11.7 Å². The lowest BCUT2D eigenvalue weighted by molar-refractivity contribution is -0.126. The van der Waals surface area contributed by atoms with Gasteiger partial charge < -0.3 is 4.84 Å². The molecule has 1 saturated heterocycles. The number of rotatable bonds is 3.